The van der Waals surface area contributed by atoms with Crippen molar-refractivity contribution < 1.29 is 20.4 Å². The van der Waals surface area contributed by atoms with E-state index in [1.54, 1.807) is 31.3 Å². The molecule has 8 nitrogen and oxygen atoms in total. The van der Waals surface area contributed by atoms with E-state index in [4.69, 9.17) is 0 Å². The van der Waals surface area contributed by atoms with Crippen molar-refractivity contribution in [2.45, 2.75) is 48.1 Å². The van der Waals surface area contributed by atoms with Gasteiger partial charge >= 0.3 is 6.18 Å². The van der Waals surface area contributed by atoms with Gasteiger partial charge in [0.2, 0.25) is 0 Å². The summed E-state index contributed by atoms with van der Waals surface area (Å²) in [6.07, 6.45) is -3.57. The zero-order valence-electron chi connectivity index (χ0n) is 20.1. The fraction of sp³-hybridized carbons (Fsp3) is 0.417. The molecule has 1 aromatic carbocycles. The predicted molar refractivity (Wildman–Crippen MR) is 136 cm³/mol. The normalized spacial score (nSPS) is 17.3. The van der Waals surface area contributed by atoms with Crippen molar-refractivity contribution in [1.29, 1.82) is 0 Å². The molecule has 1 aliphatic carbocycles. The Balaban J connectivity index is 0.00000176. The van der Waals surface area contributed by atoms with E-state index in [0.717, 1.165) is 23.4 Å². The molecule has 0 spiro atoms. The van der Waals surface area contributed by atoms with Gasteiger partial charge < -0.3 is 14.8 Å². The van der Waals surface area contributed by atoms with Gasteiger partial charge in [0.15, 0.2) is 11.0 Å². The van der Waals surface area contributed by atoms with Crippen molar-refractivity contribution in [2.24, 2.45) is 13.0 Å². The van der Waals surface area contributed by atoms with Crippen LogP contribution >= 0.6 is 11.8 Å². The quantitative estimate of drug-likeness (QED) is 0.227. The zero-order chi connectivity index (χ0) is 25.9. The second-order valence-corrected chi connectivity index (χ2v) is 10.8. The van der Waals surface area contributed by atoms with Crippen LogP contribution in [0.4, 0.5) is 35.0 Å². The minimum absolute atomic E-state index is 0. The van der Waals surface area contributed by atoms with Crippen LogP contribution in [0.1, 0.15) is 27.2 Å². The van der Waals surface area contributed by atoms with Crippen molar-refractivity contribution in [3.63, 3.8) is 0 Å². The van der Waals surface area contributed by atoms with Crippen molar-refractivity contribution in [2.75, 3.05) is 23.3 Å². The second-order valence-electron chi connectivity index (χ2n) is 9.75. The number of fused-ring (bicyclic) bond motifs is 1. The minimum atomic E-state index is -4.34. The molecule has 2 N–H and O–H groups in total. The van der Waals surface area contributed by atoms with Gasteiger partial charge in [-0.2, -0.15) is 18.3 Å². The van der Waals surface area contributed by atoms with Gasteiger partial charge in [0.25, 0.3) is 0 Å². The van der Waals surface area contributed by atoms with Gasteiger partial charge in [-0.05, 0) is 55.6 Å². The fourth-order valence-corrected chi connectivity index (χ4v) is 5.43. The Labute approximate surface area is 216 Å². The van der Waals surface area contributed by atoms with Gasteiger partial charge in [-0.15, -0.1) is 0 Å². The Kier molecular flexibility index (Phi) is 5.58. The van der Waals surface area contributed by atoms with Crippen LogP contribution in [-0.2, 0) is 13.5 Å². The number of rotatable bonds is 7. The van der Waals surface area contributed by atoms with E-state index in [9.17, 15) is 13.2 Å². The molecule has 0 amide bonds. The summed E-state index contributed by atoms with van der Waals surface area (Å²) in [5.74, 6) is 1.79. The van der Waals surface area contributed by atoms with E-state index >= 15 is 4.39 Å². The van der Waals surface area contributed by atoms with Crippen LogP contribution in [0, 0.1) is 12.8 Å². The molecule has 0 atom stereocenters. The molecular weight excluding hydrogens is 508 g/mol. The summed E-state index contributed by atoms with van der Waals surface area (Å²) in [6.45, 7) is 2.48. The standard InChI is InChI=1S/C24H24F4N8S.2H2/c1-13-7-19(34-33-13)30-18-9-20(36-11-23(25,12-36)14-3-4-14)32-22(31-18)37-15-5-6-16-17(8-15)35(2)21(29-16)10-24(26,27)28;;/h5-9,14H,3-4,10-12H2,1-2H3,(H2,30,31,32,33,34);2*1H. The van der Waals surface area contributed by atoms with Crippen LogP contribution in [-0.4, -0.2) is 54.7 Å². The third-order valence-corrected chi connectivity index (χ3v) is 7.56. The van der Waals surface area contributed by atoms with Gasteiger partial charge in [0.05, 0.1) is 24.1 Å². The summed E-state index contributed by atoms with van der Waals surface area (Å²) in [4.78, 5) is 16.1. The lowest BCUT2D eigenvalue weighted by Crippen LogP contribution is -2.60. The largest absolute Gasteiger partial charge is 0.396 e. The first kappa shape index (κ1) is 24.0. The molecule has 4 heterocycles. The lowest BCUT2D eigenvalue weighted by Gasteiger charge is -2.45. The summed E-state index contributed by atoms with van der Waals surface area (Å²) in [5, 5.41) is 10.7. The summed E-state index contributed by atoms with van der Waals surface area (Å²) in [5.41, 5.74) is 0.788. The van der Waals surface area contributed by atoms with Crippen LogP contribution in [0.15, 0.2) is 40.4 Å². The molecule has 13 heteroatoms. The van der Waals surface area contributed by atoms with Gasteiger partial charge in [-0.25, -0.2) is 19.3 Å². The average molecular weight is 537 g/mol. The molecule has 0 bridgehead atoms. The van der Waals surface area contributed by atoms with Crippen LogP contribution in [0.3, 0.4) is 0 Å². The maximum absolute atomic E-state index is 15.0. The maximum atomic E-state index is 15.0. The molecule has 6 rings (SSSR count). The Morgan fingerprint density at radius 1 is 1.14 bits per heavy atom. The van der Waals surface area contributed by atoms with E-state index in [0.29, 0.717) is 46.7 Å². The van der Waals surface area contributed by atoms with E-state index in [1.165, 1.54) is 16.3 Å². The smallest absolute Gasteiger partial charge is 0.350 e. The molecule has 37 heavy (non-hydrogen) atoms. The first-order valence-electron chi connectivity index (χ1n) is 11.9. The Morgan fingerprint density at radius 3 is 2.59 bits per heavy atom. The van der Waals surface area contributed by atoms with Crippen LogP contribution < -0.4 is 10.2 Å². The second kappa shape index (κ2) is 8.61. The predicted octanol–water partition coefficient (Wildman–Crippen LogP) is 5.82. The molecule has 1 saturated heterocycles. The highest BCUT2D eigenvalue weighted by Gasteiger charge is 2.54. The number of aryl methyl sites for hydroxylation is 2. The number of aromatic amines is 1. The van der Waals surface area contributed by atoms with Gasteiger partial charge in [0.1, 0.15) is 29.5 Å². The van der Waals surface area contributed by atoms with E-state index in [-0.39, 0.29) is 14.6 Å². The number of H-pyrrole nitrogens is 1. The van der Waals surface area contributed by atoms with Crippen molar-refractivity contribution in [1.82, 2.24) is 29.7 Å². The van der Waals surface area contributed by atoms with Crippen molar-refractivity contribution in [3.05, 3.63) is 41.9 Å². The molecule has 0 radical (unpaired) electrons. The maximum Gasteiger partial charge on any atom is 0.396 e. The number of hydrogen-bond donors (Lipinski definition) is 2. The molecule has 2 fully saturated rings. The lowest BCUT2D eigenvalue weighted by atomic mass is 9.91. The van der Waals surface area contributed by atoms with Gasteiger partial charge in [0, 0.05) is 32.6 Å². The third-order valence-electron chi connectivity index (χ3n) is 6.71. The molecule has 1 aliphatic heterocycles. The highest BCUT2D eigenvalue weighted by Crippen LogP contribution is 2.48. The number of alkyl halides is 4. The fourth-order valence-electron chi connectivity index (χ4n) is 4.63. The number of aromatic nitrogens is 6. The number of anilines is 3. The number of nitrogens with one attached hydrogen (secondary N) is 2. The lowest BCUT2D eigenvalue weighted by molar-refractivity contribution is -0.128. The first-order chi connectivity index (χ1) is 17.5. The summed E-state index contributed by atoms with van der Waals surface area (Å²) >= 11 is 1.27. The van der Waals surface area contributed by atoms with Crippen LogP contribution in [0.2, 0.25) is 0 Å². The van der Waals surface area contributed by atoms with Gasteiger partial charge in [-0.1, -0.05) is 0 Å². The molecule has 3 aromatic heterocycles. The minimum Gasteiger partial charge on any atom is -0.350 e. The summed E-state index contributed by atoms with van der Waals surface area (Å²) < 4.78 is 55.3. The molecule has 1 saturated carbocycles. The number of nitrogens with zero attached hydrogens (tertiary/aromatic N) is 6. The van der Waals surface area contributed by atoms with Crippen molar-refractivity contribution >= 4 is 40.2 Å². The van der Waals surface area contributed by atoms with Gasteiger partial charge in [-0.3, -0.25) is 5.10 Å². The number of benzene rings is 1. The highest BCUT2D eigenvalue weighted by molar-refractivity contribution is 7.99. The molecular formula is C24H28F4N8S. The Bertz CT molecular complexity index is 1480. The Morgan fingerprint density at radius 2 is 1.92 bits per heavy atom. The molecule has 0 unspecified atom stereocenters. The highest BCUT2D eigenvalue weighted by atomic mass is 32.2. The van der Waals surface area contributed by atoms with E-state index < -0.39 is 18.3 Å². The number of imidazole rings is 1. The molecule has 198 valence electrons. The number of hydrogen-bond acceptors (Lipinski definition) is 7. The number of halogens is 4. The first-order valence-corrected chi connectivity index (χ1v) is 12.7. The van der Waals surface area contributed by atoms with Crippen molar-refractivity contribution in [3.8, 4) is 0 Å². The average Bonchev–Trinajstić information content (AvgIpc) is 3.52. The summed E-state index contributed by atoms with van der Waals surface area (Å²) in [7, 11) is 1.57. The molecule has 2 aliphatic rings. The van der Waals surface area contributed by atoms with Crippen LogP contribution in [0.5, 0.6) is 0 Å². The topological polar surface area (TPSA) is 87.5 Å². The monoisotopic (exact) mass is 536 g/mol. The molecule has 4 aromatic rings. The Hall–Kier alpha value is -3.35. The van der Waals surface area contributed by atoms with E-state index in [1.807, 2.05) is 17.9 Å². The SMILES string of the molecule is Cc1cc(Nc2cc(N3CC(F)(C4CC4)C3)nc(Sc3ccc4nc(CC(F)(F)F)n(C)c4c3)n2)n[nH]1.[HH].[HH]. The third kappa shape index (κ3) is 4.96. The zero-order valence-corrected chi connectivity index (χ0v) is 20.9. The van der Waals surface area contributed by atoms with E-state index in [2.05, 4.69) is 30.5 Å². The van der Waals surface area contributed by atoms with Crippen LogP contribution in [0.25, 0.3) is 11.0 Å². The summed E-state index contributed by atoms with van der Waals surface area (Å²) in [6, 6.07) is 8.86.